The van der Waals surface area contributed by atoms with Crippen molar-refractivity contribution in [3.63, 3.8) is 0 Å². The first-order valence-corrected chi connectivity index (χ1v) is 11.3. The molecule has 3 aromatic rings. The van der Waals surface area contributed by atoms with E-state index < -0.39 is 10.0 Å². The molecule has 2 aromatic carbocycles. The van der Waals surface area contributed by atoms with E-state index in [2.05, 4.69) is 4.57 Å². The number of benzene rings is 2. The molecule has 2 heterocycles. The second-order valence-corrected chi connectivity index (χ2v) is 9.35. The lowest BCUT2D eigenvalue weighted by Crippen LogP contribution is -2.50. The second-order valence-electron chi connectivity index (χ2n) is 7.03. The maximum atomic E-state index is 12.8. The number of piperazine rings is 1. The summed E-state index contributed by atoms with van der Waals surface area (Å²) in [5.41, 5.74) is 1.11. The number of fused-ring (bicyclic) bond motifs is 1. The molecule has 29 heavy (non-hydrogen) atoms. The number of carbonyl (C=O) groups is 1. The van der Waals surface area contributed by atoms with Crippen molar-refractivity contribution in [3.8, 4) is 0 Å². The number of para-hydroxylation sites is 1. The first kappa shape index (κ1) is 19.9. The lowest BCUT2D eigenvalue weighted by Gasteiger charge is -2.34. The third-order valence-corrected chi connectivity index (χ3v) is 7.69. The predicted molar refractivity (Wildman–Crippen MR) is 113 cm³/mol. The Morgan fingerprint density at radius 1 is 0.931 bits per heavy atom. The molecule has 0 unspecified atom stereocenters. The maximum absolute atomic E-state index is 12.8. The van der Waals surface area contributed by atoms with Crippen LogP contribution in [0.2, 0.25) is 5.02 Å². The second kappa shape index (κ2) is 8.18. The van der Waals surface area contributed by atoms with E-state index in [-0.39, 0.29) is 28.9 Å². The quantitative estimate of drug-likeness (QED) is 0.623. The number of rotatable bonds is 5. The number of hydrogen-bond donors (Lipinski definition) is 0. The van der Waals surface area contributed by atoms with Crippen molar-refractivity contribution in [2.75, 3.05) is 26.2 Å². The van der Waals surface area contributed by atoms with Crippen LogP contribution in [0.5, 0.6) is 0 Å². The summed E-state index contributed by atoms with van der Waals surface area (Å²) < 4.78 is 29.1. The van der Waals surface area contributed by atoms with E-state index in [1.165, 1.54) is 10.4 Å². The van der Waals surface area contributed by atoms with Gasteiger partial charge < -0.3 is 9.47 Å². The van der Waals surface area contributed by atoms with Gasteiger partial charge in [-0.15, -0.1) is 0 Å². The van der Waals surface area contributed by atoms with Crippen LogP contribution in [0.3, 0.4) is 0 Å². The minimum atomic E-state index is -3.65. The van der Waals surface area contributed by atoms with E-state index in [0.29, 0.717) is 26.1 Å². The van der Waals surface area contributed by atoms with Gasteiger partial charge in [0.05, 0.1) is 5.02 Å². The summed E-state index contributed by atoms with van der Waals surface area (Å²) in [5.74, 6) is 0.0394. The third-order valence-electron chi connectivity index (χ3n) is 5.29. The maximum Gasteiger partial charge on any atom is 0.244 e. The fourth-order valence-electron chi connectivity index (χ4n) is 3.68. The van der Waals surface area contributed by atoms with Gasteiger partial charge in [0.1, 0.15) is 4.90 Å². The van der Waals surface area contributed by atoms with Crippen LogP contribution in [-0.2, 0) is 21.4 Å². The zero-order valence-electron chi connectivity index (χ0n) is 15.9. The molecule has 4 rings (SSSR count). The Morgan fingerprint density at radius 2 is 1.62 bits per heavy atom. The summed E-state index contributed by atoms with van der Waals surface area (Å²) in [7, 11) is -3.65. The third kappa shape index (κ3) is 4.03. The zero-order valence-corrected chi connectivity index (χ0v) is 17.4. The Hall–Kier alpha value is -2.35. The number of hydrogen-bond acceptors (Lipinski definition) is 3. The van der Waals surface area contributed by atoms with Crippen molar-refractivity contribution in [1.82, 2.24) is 13.8 Å². The molecule has 1 aliphatic heterocycles. The fourth-order valence-corrected chi connectivity index (χ4v) is 5.60. The number of amides is 1. The number of aromatic nitrogens is 1. The van der Waals surface area contributed by atoms with Crippen LogP contribution < -0.4 is 0 Å². The van der Waals surface area contributed by atoms with Crippen LogP contribution in [0.15, 0.2) is 65.7 Å². The Labute approximate surface area is 175 Å². The van der Waals surface area contributed by atoms with Gasteiger partial charge >= 0.3 is 0 Å². The molecule has 0 aliphatic carbocycles. The van der Waals surface area contributed by atoms with Gasteiger partial charge in [0.15, 0.2) is 0 Å². The number of aryl methyl sites for hydroxylation is 1. The van der Waals surface area contributed by atoms with Crippen LogP contribution in [0.1, 0.15) is 6.42 Å². The Balaban J connectivity index is 1.36. The molecule has 152 valence electrons. The van der Waals surface area contributed by atoms with Gasteiger partial charge in [0, 0.05) is 50.9 Å². The van der Waals surface area contributed by atoms with Crippen molar-refractivity contribution in [3.05, 3.63) is 65.8 Å². The van der Waals surface area contributed by atoms with Gasteiger partial charge in [0.2, 0.25) is 15.9 Å². The van der Waals surface area contributed by atoms with Gasteiger partial charge in [-0.2, -0.15) is 4.31 Å². The van der Waals surface area contributed by atoms with E-state index in [0.717, 1.165) is 10.9 Å². The lowest BCUT2D eigenvalue weighted by atomic mass is 10.2. The minimum absolute atomic E-state index is 0.0394. The molecule has 0 N–H and O–H groups in total. The number of sulfonamides is 1. The van der Waals surface area contributed by atoms with E-state index >= 15 is 0 Å². The van der Waals surface area contributed by atoms with Gasteiger partial charge in [0.25, 0.3) is 0 Å². The molecule has 8 heteroatoms. The van der Waals surface area contributed by atoms with Crippen molar-refractivity contribution < 1.29 is 13.2 Å². The Bertz CT molecular complexity index is 1130. The largest absolute Gasteiger partial charge is 0.347 e. The predicted octanol–water partition coefficient (Wildman–Crippen LogP) is 3.22. The molecule has 1 saturated heterocycles. The topological polar surface area (TPSA) is 62.6 Å². The summed E-state index contributed by atoms with van der Waals surface area (Å²) in [6.45, 7) is 1.91. The van der Waals surface area contributed by atoms with E-state index in [1.807, 2.05) is 36.5 Å². The average Bonchev–Trinajstić information content (AvgIpc) is 3.15. The summed E-state index contributed by atoms with van der Waals surface area (Å²) in [6.07, 6.45) is 2.38. The van der Waals surface area contributed by atoms with Crippen molar-refractivity contribution in [2.45, 2.75) is 17.9 Å². The first-order chi connectivity index (χ1) is 14.0. The number of carbonyl (C=O) groups excluding carboxylic acids is 1. The van der Waals surface area contributed by atoms with Crippen LogP contribution >= 0.6 is 11.6 Å². The highest BCUT2D eigenvalue weighted by atomic mass is 35.5. The molecule has 0 spiro atoms. The molecule has 1 amide bonds. The molecule has 0 radical (unpaired) electrons. The summed E-state index contributed by atoms with van der Waals surface area (Å²) >= 11 is 6.07. The highest BCUT2D eigenvalue weighted by Gasteiger charge is 2.31. The molecule has 1 fully saturated rings. The van der Waals surface area contributed by atoms with Crippen molar-refractivity contribution in [2.24, 2.45) is 0 Å². The van der Waals surface area contributed by atoms with Gasteiger partial charge in [-0.25, -0.2) is 8.42 Å². The fraction of sp³-hybridized carbons (Fsp3) is 0.286. The van der Waals surface area contributed by atoms with E-state index in [1.54, 1.807) is 23.1 Å². The van der Waals surface area contributed by atoms with Gasteiger partial charge in [-0.1, -0.05) is 41.9 Å². The molecule has 1 aliphatic rings. The molecular weight excluding hydrogens is 410 g/mol. The zero-order chi connectivity index (χ0) is 20.4. The molecule has 0 saturated carbocycles. The lowest BCUT2D eigenvalue weighted by molar-refractivity contribution is -0.132. The monoisotopic (exact) mass is 431 g/mol. The van der Waals surface area contributed by atoms with Crippen molar-refractivity contribution >= 4 is 38.4 Å². The van der Waals surface area contributed by atoms with Gasteiger partial charge in [-0.05, 0) is 29.7 Å². The normalized spacial score (nSPS) is 15.7. The van der Waals surface area contributed by atoms with Gasteiger partial charge in [-0.3, -0.25) is 4.79 Å². The number of halogens is 1. The van der Waals surface area contributed by atoms with Crippen LogP contribution in [-0.4, -0.2) is 54.3 Å². The molecular formula is C21H22ClN3O3S. The minimum Gasteiger partial charge on any atom is -0.347 e. The molecule has 0 bridgehead atoms. The highest BCUT2D eigenvalue weighted by molar-refractivity contribution is 7.89. The first-order valence-electron chi connectivity index (χ1n) is 9.53. The summed E-state index contributed by atoms with van der Waals surface area (Å²) in [6, 6.07) is 16.5. The number of nitrogens with zero attached hydrogens (tertiary/aromatic N) is 3. The van der Waals surface area contributed by atoms with Crippen LogP contribution in [0, 0.1) is 0 Å². The molecule has 6 nitrogen and oxygen atoms in total. The van der Waals surface area contributed by atoms with Crippen LogP contribution in [0.4, 0.5) is 0 Å². The van der Waals surface area contributed by atoms with Crippen LogP contribution in [0.25, 0.3) is 10.9 Å². The van der Waals surface area contributed by atoms with E-state index in [9.17, 15) is 13.2 Å². The van der Waals surface area contributed by atoms with Crippen molar-refractivity contribution in [1.29, 1.82) is 0 Å². The Morgan fingerprint density at radius 3 is 2.38 bits per heavy atom. The summed E-state index contributed by atoms with van der Waals surface area (Å²) in [4.78, 5) is 14.5. The highest BCUT2D eigenvalue weighted by Crippen LogP contribution is 2.25. The Kier molecular flexibility index (Phi) is 5.63. The molecule has 1 aromatic heterocycles. The summed E-state index contributed by atoms with van der Waals surface area (Å²) in [5, 5.41) is 1.36. The standard InChI is InChI=1S/C21H22ClN3O3S/c22-18-6-2-4-8-20(18)29(27,28)25-15-13-24(14-16-25)21(26)10-12-23-11-9-17-5-1-3-7-19(17)23/h1-9,11H,10,12-16H2. The smallest absolute Gasteiger partial charge is 0.244 e. The average molecular weight is 432 g/mol. The molecule has 0 atom stereocenters. The van der Waals surface area contributed by atoms with E-state index in [4.69, 9.17) is 11.6 Å². The SMILES string of the molecule is O=C(CCn1ccc2ccccc21)N1CCN(S(=O)(=O)c2ccccc2Cl)CC1.